The molecular weight excluding hydrogens is 327 g/mol. The van der Waals surface area contributed by atoms with Crippen molar-refractivity contribution in [2.75, 3.05) is 6.61 Å². The average molecular weight is 349 g/mol. The molecule has 0 amide bonds. The third kappa shape index (κ3) is 4.02. The van der Waals surface area contributed by atoms with Gasteiger partial charge in [-0.3, -0.25) is 0 Å². The molecule has 0 aliphatic heterocycles. The molecule has 0 bridgehead atoms. The number of benzene rings is 2. The van der Waals surface area contributed by atoms with Gasteiger partial charge >= 0.3 is 0 Å². The van der Waals surface area contributed by atoms with Crippen LogP contribution in [0.4, 0.5) is 4.39 Å². The van der Waals surface area contributed by atoms with E-state index in [4.69, 9.17) is 21.1 Å². The molecule has 1 aliphatic rings. The number of halogens is 2. The van der Waals surface area contributed by atoms with Crippen molar-refractivity contribution >= 4 is 11.6 Å². The van der Waals surface area contributed by atoms with E-state index in [1.807, 2.05) is 32.0 Å². The summed E-state index contributed by atoms with van der Waals surface area (Å²) in [5, 5.41) is 0.561. The van der Waals surface area contributed by atoms with Gasteiger partial charge in [0, 0.05) is 10.6 Å². The van der Waals surface area contributed by atoms with E-state index in [2.05, 4.69) is 6.92 Å². The number of ether oxygens (including phenoxy) is 2. The molecule has 2 unspecified atom stereocenters. The van der Waals surface area contributed by atoms with Crippen LogP contribution >= 0.6 is 11.6 Å². The maximum Gasteiger partial charge on any atom is 0.165 e. The van der Waals surface area contributed by atoms with Gasteiger partial charge in [-0.05, 0) is 68.0 Å². The fourth-order valence-corrected chi connectivity index (χ4v) is 2.91. The molecule has 0 aromatic heterocycles. The fraction of sp³-hybridized carbons (Fsp3) is 0.400. The van der Waals surface area contributed by atoms with Crippen LogP contribution < -0.4 is 9.47 Å². The summed E-state index contributed by atoms with van der Waals surface area (Å²) in [6.07, 6.45) is 1.23. The highest BCUT2D eigenvalue weighted by Gasteiger charge is 2.33. The number of hydrogen-bond donors (Lipinski definition) is 0. The Kier molecular flexibility index (Phi) is 5.00. The van der Waals surface area contributed by atoms with E-state index in [0.717, 1.165) is 12.0 Å². The lowest BCUT2D eigenvalue weighted by Crippen LogP contribution is -2.05. The number of rotatable bonds is 6. The van der Waals surface area contributed by atoms with Crippen LogP contribution in [-0.2, 0) is 0 Å². The monoisotopic (exact) mass is 348 g/mol. The summed E-state index contributed by atoms with van der Waals surface area (Å²) in [7, 11) is 0. The minimum absolute atomic E-state index is 0.0661. The lowest BCUT2D eigenvalue weighted by Gasteiger charge is -2.13. The summed E-state index contributed by atoms with van der Waals surface area (Å²) in [5.74, 6) is 1.89. The first kappa shape index (κ1) is 17.1. The summed E-state index contributed by atoms with van der Waals surface area (Å²) < 4.78 is 25.6. The molecule has 0 radical (unpaired) electrons. The summed E-state index contributed by atoms with van der Waals surface area (Å²) in [6.45, 7) is 6.68. The maximum absolute atomic E-state index is 14.3. The molecule has 24 heavy (non-hydrogen) atoms. The van der Waals surface area contributed by atoms with Crippen molar-refractivity contribution in [2.45, 2.75) is 33.3 Å². The normalized spacial score (nSPS) is 19.4. The highest BCUT2D eigenvalue weighted by atomic mass is 35.5. The third-order valence-electron chi connectivity index (χ3n) is 4.28. The first-order valence-electron chi connectivity index (χ1n) is 8.33. The van der Waals surface area contributed by atoms with E-state index >= 15 is 0 Å². The summed E-state index contributed by atoms with van der Waals surface area (Å²) >= 11 is 6.28. The molecule has 1 aliphatic carbocycles. The van der Waals surface area contributed by atoms with Crippen molar-refractivity contribution in [3.63, 3.8) is 0 Å². The average Bonchev–Trinajstić information content (AvgIpc) is 3.23. The summed E-state index contributed by atoms with van der Waals surface area (Å²) in [5.41, 5.74) is 1.45. The highest BCUT2D eigenvalue weighted by Crippen LogP contribution is 2.38. The Balaban J connectivity index is 1.80. The summed E-state index contributed by atoms with van der Waals surface area (Å²) in [6, 6.07) is 10.4. The molecule has 3 rings (SSSR count). The molecule has 128 valence electrons. The van der Waals surface area contributed by atoms with E-state index in [1.165, 1.54) is 6.07 Å². The van der Waals surface area contributed by atoms with Crippen LogP contribution in [-0.4, -0.2) is 12.7 Å². The van der Waals surface area contributed by atoms with Crippen LogP contribution in [0.3, 0.4) is 0 Å². The first-order chi connectivity index (χ1) is 11.4. The standard InChI is InChI=1S/C20H22ClFO2/c1-12(2)24-16-5-6-18(21)17(10-16)14-4-7-20(19(22)9-14)23-11-15-8-13(15)3/h4-7,9-10,12-13,15H,8,11H2,1-3H3. The van der Waals surface area contributed by atoms with Gasteiger partial charge in [0.2, 0.25) is 0 Å². The van der Waals surface area contributed by atoms with Crippen LogP contribution in [0, 0.1) is 17.7 Å². The Hall–Kier alpha value is -1.74. The van der Waals surface area contributed by atoms with Crippen molar-refractivity contribution in [3.8, 4) is 22.6 Å². The molecule has 0 heterocycles. The minimum Gasteiger partial charge on any atom is -0.491 e. The molecule has 1 fully saturated rings. The largest absolute Gasteiger partial charge is 0.491 e. The first-order valence-corrected chi connectivity index (χ1v) is 8.70. The zero-order chi connectivity index (χ0) is 17.3. The van der Waals surface area contributed by atoms with E-state index < -0.39 is 0 Å². The topological polar surface area (TPSA) is 18.5 Å². The lowest BCUT2D eigenvalue weighted by molar-refractivity contribution is 0.242. The van der Waals surface area contributed by atoms with Gasteiger partial charge in [0.25, 0.3) is 0 Å². The second-order valence-corrected chi connectivity index (χ2v) is 7.14. The Morgan fingerprint density at radius 1 is 1.21 bits per heavy atom. The van der Waals surface area contributed by atoms with Crippen LogP contribution in [0.15, 0.2) is 36.4 Å². The van der Waals surface area contributed by atoms with Gasteiger partial charge in [0.1, 0.15) is 5.75 Å². The van der Waals surface area contributed by atoms with Gasteiger partial charge in [-0.25, -0.2) is 4.39 Å². The van der Waals surface area contributed by atoms with Gasteiger partial charge in [0.15, 0.2) is 11.6 Å². The van der Waals surface area contributed by atoms with Crippen molar-refractivity contribution in [1.82, 2.24) is 0 Å². The molecule has 1 saturated carbocycles. The van der Waals surface area contributed by atoms with E-state index in [1.54, 1.807) is 12.1 Å². The Morgan fingerprint density at radius 3 is 2.58 bits per heavy atom. The smallest absolute Gasteiger partial charge is 0.165 e. The minimum atomic E-state index is -0.368. The zero-order valence-corrected chi connectivity index (χ0v) is 14.9. The molecule has 2 atom stereocenters. The molecule has 0 spiro atoms. The van der Waals surface area contributed by atoms with Gasteiger partial charge < -0.3 is 9.47 Å². The Labute approximate surface area is 147 Å². The third-order valence-corrected chi connectivity index (χ3v) is 4.61. The van der Waals surface area contributed by atoms with Crippen LogP contribution in [0.5, 0.6) is 11.5 Å². The van der Waals surface area contributed by atoms with Crippen molar-refractivity contribution < 1.29 is 13.9 Å². The molecule has 0 saturated heterocycles. The van der Waals surface area contributed by atoms with Gasteiger partial charge in [0.05, 0.1) is 12.7 Å². The zero-order valence-electron chi connectivity index (χ0n) is 14.2. The lowest BCUT2D eigenvalue weighted by atomic mass is 10.0. The van der Waals surface area contributed by atoms with Gasteiger partial charge in [-0.15, -0.1) is 0 Å². The van der Waals surface area contributed by atoms with Crippen molar-refractivity contribution in [1.29, 1.82) is 0 Å². The van der Waals surface area contributed by atoms with Crippen molar-refractivity contribution in [2.24, 2.45) is 11.8 Å². The molecular formula is C20H22ClFO2. The molecule has 2 nitrogen and oxygen atoms in total. The molecule has 4 heteroatoms. The predicted octanol–water partition coefficient (Wildman–Crippen LogP) is 5.97. The Bertz CT molecular complexity index is 730. The summed E-state index contributed by atoms with van der Waals surface area (Å²) in [4.78, 5) is 0. The highest BCUT2D eigenvalue weighted by molar-refractivity contribution is 6.33. The second-order valence-electron chi connectivity index (χ2n) is 6.74. The molecule has 2 aromatic rings. The number of hydrogen-bond acceptors (Lipinski definition) is 2. The molecule has 2 aromatic carbocycles. The fourth-order valence-electron chi connectivity index (χ4n) is 2.68. The van der Waals surface area contributed by atoms with Gasteiger partial charge in [-0.2, -0.15) is 0 Å². The van der Waals surface area contributed by atoms with Crippen LogP contribution in [0.2, 0.25) is 5.02 Å². The predicted molar refractivity (Wildman–Crippen MR) is 95.4 cm³/mol. The second kappa shape index (κ2) is 7.02. The molecule has 0 N–H and O–H groups in total. The van der Waals surface area contributed by atoms with E-state index in [-0.39, 0.29) is 11.9 Å². The Morgan fingerprint density at radius 2 is 1.96 bits per heavy atom. The van der Waals surface area contributed by atoms with Gasteiger partial charge in [-0.1, -0.05) is 24.6 Å². The van der Waals surface area contributed by atoms with Crippen LogP contribution in [0.25, 0.3) is 11.1 Å². The van der Waals surface area contributed by atoms with Crippen molar-refractivity contribution in [3.05, 3.63) is 47.2 Å². The van der Waals surface area contributed by atoms with E-state index in [9.17, 15) is 4.39 Å². The quantitative estimate of drug-likeness (QED) is 0.640. The van der Waals surface area contributed by atoms with Crippen LogP contribution in [0.1, 0.15) is 27.2 Å². The maximum atomic E-state index is 14.3. The van der Waals surface area contributed by atoms with E-state index in [0.29, 0.717) is 40.5 Å². The SMILES string of the molecule is CC(C)Oc1ccc(Cl)c(-c2ccc(OCC3CC3C)c(F)c2)c1.